The molecule has 0 fully saturated rings. The van der Waals surface area contributed by atoms with Gasteiger partial charge in [-0.15, -0.1) is 0 Å². The Balaban J connectivity index is 4.80. The summed E-state index contributed by atoms with van der Waals surface area (Å²) in [6, 6.07) is 0. The Morgan fingerprint density at radius 1 is 0.392 bits per heavy atom. The molecule has 2 N–H and O–H groups in total. The van der Waals surface area contributed by atoms with E-state index >= 15 is 0 Å². The van der Waals surface area contributed by atoms with Crippen LogP contribution in [0.4, 0.5) is 0 Å². The van der Waals surface area contributed by atoms with Crippen LogP contribution in [-0.4, -0.2) is 66.5 Å². The molecule has 0 spiro atoms. The number of phosphoric acid groups is 1. The number of allylic oxidation sites excluding steroid dienone is 14. The second-order valence-corrected chi connectivity index (χ2v) is 20.9. The van der Waals surface area contributed by atoms with Crippen molar-refractivity contribution < 1.29 is 52.2 Å². The Kier molecular flexibility index (Phi) is 53.4. The van der Waals surface area contributed by atoms with Crippen molar-refractivity contribution in [1.29, 1.82) is 0 Å². The number of rotatable bonds is 54. The largest absolute Gasteiger partial charge is 0.472 e. The minimum absolute atomic E-state index is 0.125. The molecule has 0 aromatic heterocycles. The van der Waals surface area contributed by atoms with Crippen molar-refractivity contribution in [2.45, 2.75) is 264 Å². The third-order valence-electron chi connectivity index (χ3n) is 12.3. The first-order valence-electron chi connectivity index (χ1n) is 29.5. The van der Waals surface area contributed by atoms with Crippen LogP contribution in [0.3, 0.4) is 0 Å². The van der Waals surface area contributed by atoms with Crippen LogP contribution >= 0.6 is 7.82 Å². The maximum Gasteiger partial charge on any atom is 0.472 e. The van der Waals surface area contributed by atoms with Gasteiger partial charge in [0.1, 0.15) is 12.7 Å². The first-order chi connectivity index (χ1) is 36.2. The fourth-order valence-corrected chi connectivity index (χ4v) is 8.61. The highest BCUT2D eigenvalue weighted by Gasteiger charge is 2.28. The van der Waals surface area contributed by atoms with E-state index in [4.69, 9.17) is 23.3 Å². The van der Waals surface area contributed by atoms with Crippen molar-refractivity contribution in [2.75, 3.05) is 26.4 Å². The molecule has 0 bridgehead atoms. The van der Waals surface area contributed by atoms with Crippen molar-refractivity contribution in [3.8, 4) is 0 Å². The van der Waals surface area contributed by atoms with Crippen LogP contribution in [-0.2, 0) is 42.2 Å². The first-order valence-corrected chi connectivity index (χ1v) is 31.0. The molecular formula is C62H107O11P. The van der Waals surface area contributed by atoms with Crippen LogP contribution in [0.2, 0.25) is 0 Å². The molecule has 3 unspecified atom stereocenters. The summed E-state index contributed by atoms with van der Waals surface area (Å²) in [5.41, 5.74) is 0. The molecule has 0 heterocycles. The number of aliphatic hydroxyl groups is 1. The summed E-state index contributed by atoms with van der Waals surface area (Å²) in [7, 11) is -4.76. The fraction of sp³-hybridized carbons (Fsp3) is 0.726. The van der Waals surface area contributed by atoms with E-state index < -0.39 is 57.8 Å². The zero-order valence-electron chi connectivity index (χ0n) is 47.0. The van der Waals surface area contributed by atoms with Crippen molar-refractivity contribution in [1.82, 2.24) is 0 Å². The number of aliphatic hydroxyl groups excluding tert-OH is 1. The molecule has 0 aliphatic carbocycles. The summed E-state index contributed by atoms with van der Waals surface area (Å²) in [6.45, 7) is 4.46. The predicted molar refractivity (Wildman–Crippen MR) is 307 cm³/mol. The molecule has 0 saturated carbocycles. The van der Waals surface area contributed by atoms with Crippen LogP contribution in [0.5, 0.6) is 0 Å². The lowest BCUT2D eigenvalue weighted by Crippen LogP contribution is -2.30. The molecule has 426 valence electrons. The van der Waals surface area contributed by atoms with Crippen molar-refractivity contribution in [3.63, 3.8) is 0 Å². The van der Waals surface area contributed by atoms with Crippen LogP contribution in [0.1, 0.15) is 252 Å². The lowest BCUT2D eigenvalue weighted by molar-refractivity contribution is -0.161. The molecular weight excluding hydrogens is 952 g/mol. The Hall–Kier alpha value is -3.34. The second-order valence-electron chi connectivity index (χ2n) is 19.4. The molecule has 0 aromatic carbocycles. The zero-order valence-corrected chi connectivity index (χ0v) is 47.9. The molecule has 3 atom stereocenters. The number of carbonyl (C=O) groups excluding carboxylic acids is 3. The number of unbranched alkanes of at least 4 members (excludes halogenated alkanes) is 23. The smallest absolute Gasteiger partial charge is 0.462 e. The summed E-state index contributed by atoms with van der Waals surface area (Å²) in [6.07, 6.45) is 64.0. The second kappa shape index (κ2) is 55.9. The standard InChI is InChI=1S/C62H107O11P/c1-4-7-10-13-16-19-22-24-26-28-29-31-33-35-38-41-44-47-50-53-62(66)73-59(55-69-60(64)51-48-45-42-39-37-34-32-30-27-25-23-20-17-14-11-8-5-2)57-71-74(67,68)70-56-58(54-63)72-61(65)52-49-46-43-40-36-21-18-15-12-9-6-3/h7,10,16-17,19-20,24-27,29,31,35,38,58-59,63H,4-6,8-9,11-15,18,21-23,28,30,32-34,36-37,39-57H2,1-3H3,(H,67,68)/b10-7-,19-16-,20-17-,26-24-,27-25-,31-29-,38-35-. The van der Waals surface area contributed by atoms with Gasteiger partial charge in [-0.2, -0.15) is 0 Å². The molecule has 0 rings (SSSR count). The van der Waals surface area contributed by atoms with E-state index in [1.54, 1.807) is 0 Å². The molecule has 0 aliphatic heterocycles. The van der Waals surface area contributed by atoms with Gasteiger partial charge in [-0.25, -0.2) is 4.57 Å². The molecule has 11 nitrogen and oxygen atoms in total. The average Bonchev–Trinajstić information content (AvgIpc) is 3.39. The van der Waals surface area contributed by atoms with Gasteiger partial charge in [0, 0.05) is 19.3 Å². The Bertz CT molecular complexity index is 1560. The highest BCUT2D eigenvalue weighted by Crippen LogP contribution is 2.43. The molecule has 12 heteroatoms. The predicted octanol–water partition coefficient (Wildman–Crippen LogP) is 17.5. The number of carbonyl (C=O) groups is 3. The van der Waals surface area contributed by atoms with Crippen LogP contribution in [0, 0.1) is 0 Å². The van der Waals surface area contributed by atoms with E-state index in [0.717, 1.165) is 109 Å². The summed E-state index contributed by atoms with van der Waals surface area (Å²) < 4.78 is 39.5. The monoisotopic (exact) mass is 1060 g/mol. The van der Waals surface area contributed by atoms with E-state index in [1.807, 2.05) is 0 Å². The third-order valence-corrected chi connectivity index (χ3v) is 13.3. The molecule has 0 aromatic rings. The van der Waals surface area contributed by atoms with Crippen molar-refractivity contribution >= 4 is 25.7 Å². The molecule has 0 radical (unpaired) electrons. The van der Waals surface area contributed by atoms with E-state index in [9.17, 15) is 28.9 Å². The highest BCUT2D eigenvalue weighted by atomic mass is 31.2. The van der Waals surface area contributed by atoms with Gasteiger partial charge in [-0.1, -0.05) is 221 Å². The van der Waals surface area contributed by atoms with Gasteiger partial charge in [0.25, 0.3) is 0 Å². The van der Waals surface area contributed by atoms with E-state index in [0.29, 0.717) is 19.3 Å². The topological polar surface area (TPSA) is 155 Å². The van der Waals surface area contributed by atoms with E-state index in [-0.39, 0.29) is 25.9 Å². The lowest BCUT2D eigenvalue weighted by Gasteiger charge is -2.21. The van der Waals surface area contributed by atoms with Gasteiger partial charge < -0.3 is 24.2 Å². The van der Waals surface area contributed by atoms with Gasteiger partial charge in [0.15, 0.2) is 6.10 Å². The van der Waals surface area contributed by atoms with Gasteiger partial charge in [0.05, 0.1) is 19.8 Å². The van der Waals surface area contributed by atoms with Gasteiger partial charge in [0.2, 0.25) is 0 Å². The Morgan fingerprint density at radius 2 is 0.703 bits per heavy atom. The summed E-state index contributed by atoms with van der Waals surface area (Å²) in [5, 5.41) is 9.80. The summed E-state index contributed by atoms with van der Waals surface area (Å²) in [4.78, 5) is 48.5. The third kappa shape index (κ3) is 53.5. The maximum atomic E-state index is 12.9. The number of esters is 3. The molecule has 74 heavy (non-hydrogen) atoms. The number of phosphoric ester groups is 1. The van der Waals surface area contributed by atoms with Crippen molar-refractivity contribution in [2.24, 2.45) is 0 Å². The summed E-state index contributed by atoms with van der Waals surface area (Å²) in [5.74, 6) is -1.51. The minimum Gasteiger partial charge on any atom is -0.462 e. The zero-order chi connectivity index (χ0) is 54.1. The minimum atomic E-state index is -4.76. The number of hydrogen-bond donors (Lipinski definition) is 2. The Labute approximate surface area is 451 Å². The molecule has 0 aliphatic rings. The SMILES string of the molecule is CC/C=C\C/C=C\C/C=C\C/C=C\C/C=C\CCCCCC(=O)OC(COC(=O)CCCCCCCCC/C=C\C/C=C\CCCCC)COP(=O)(O)OCC(CO)OC(=O)CCCCCCCCCCCCC. The highest BCUT2D eigenvalue weighted by molar-refractivity contribution is 7.47. The maximum absolute atomic E-state index is 12.9. The molecule has 0 amide bonds. The number of ether oxygens (including phenoxy) is 3. The molecule has 0 saturated heterocycles. The van der Waals surface area contributed by atoms with Crippen LogP contribution in [0.25, 0.3) is 0 Å². The fourth-order valence-electron chi connectivity index (χ4n) is 7.82. The van der Waals surface area contributed by atoms with Crippen LogP contribution in [0.15, 0.2) is 85.1 Å². The average molecular weight is 1060 g/mol. The van der Waals surface area contributed by atoms with Gasteiger partial charge in [-0.05, 0) is 96.3 Å². The van der Waals surface area contributed by atoms with Crippen molar-refractivity contribution in [3.05, 3.63) is 85.1 Å². The van der Waals surface area contributed by atoms with Crippen LogP contribution < -0.4 is 0 Å². The van der Waals surface area contributed by atoms with Gasteiger partial charge >= 0.3 is 25.7 Å². The number of hydrogen-bond acceptors (Lipinski definition) is 10. The Morgan fingerprint density at radius 3 is 1.12 bits per heavy atom. The first kappa shape index (κ1) is 70.7. The van der Waals surface area contributed by atoms with E-state index in [2.05, 4.69) is 106 Å². The van der Waals surface area contributed by atoms with Gasteiger partial charge in [-0.3, -0.25) is 23.4 Å². The quantitative estimate of drug-likeness (QED) is 0.0197. The lowest BCUT2D eigenvalue weighted by atomic mass is 10.1. The van der Waals surface area contributed by atoms with E-state index in [1.165, 1.54) is 83.5 Å². The normalized spacial score (nSPS) is 14.0. The summed E-state index contributed by atoms with van der Waals surface area (Å²) >= 11 is 0.